The predicted molar refractivity (Wildman–Crippen MR) is 81.9 cm³/mol. The summed E-state index contributed by atoms with van der Waals surface area (Å²) in [6.45, 7) is 9.53. The lowest BCUT2D eigenvalue weighted by Gasteiger charge is -2.24. The summed E-state index contributed by atoms with van der Waals surface area (Å²) in [4.78, 5) is 0.355. The zero-order chi connectivity index (χ0) is 15.3. The molecule has 1 rings (SSSR count). The Morgan fingerprint density at radius 3 is 2.40 bits per heavy atom. The van der Waals surface area contributed by atoms with Crippen molar-refractivity contribution >= 4 is 10.0 Å². The van der Waals surface area contributed by atoms with Crippen molar-refractivity contribution in [2.24, 2.45) is 5.73 Å². The topological polar surface area (TPSA) is 68.3 Å². The summed E-state index contributed by atoms with van der Waals surface area (Å²) in [7, 11) is -3.44. The molecule has 116 valence electrons. The van der Waals surface area contributed by atoms with Gasteiger partial charge in [-0.3, -0.25) is 0 Å². The van der Waals surface area contributed by atoms with Gasteiger partial charge in [0.2, 0.25) is 10.0 Å². The van der Waals surface area contributed by atoms with Gasteiger partial charge in [-0.1, -0.05) is 13.8 Å². The summed E-state index contributed by atoms with van der Waals surface area (Å²) >= 11 is 0. The van der Waals surface area contributed by atoms with E-state index in [1.54, 1.807) is 16.6 Å². The Bertz CT molecular complexity index is 521. The van der Waals surface area contributed by atoms with Crippen LogP contribution in [0.4, 0.5) is 0 Å². The third-order valence-corrected chi connectivity index (χ3v) is 5.30. The molecule has 0 fully saturated rings. The standard InChI is InChI=1S/C14H27N3O2S/c1-5-7-16-11-14(9-13(16)10-15)20(18,19)17(8-6-2)12(3)4/h9,11-12H,5-8,10,15H2,1-4H3. The van der Waals surface area contributed by atoms with Gasteiger partial charge in [0.25, 0.3) is 0 Å². The Kier molecular flexibility index (Phi) is 6.23. The van der Waals surface area contributed by atoms with E-state index in [2.05, 4.69) is 6.92 Å². The molecule has 2 N–H and O–H groups in total. The van der Waals surface area contributed by atoms with E-state index in [0.29, 0.717) is 18.0 Å². The van der Waals surface area contributed by atoms with Crippen LogP contribution in [-0.2, 0) is 23.1 Å². The lowest BCUT2D eigenvalue weighted by molar-refractivity contribution is 0.354. The normalized spacial score (nSPS) is 12.6. The number of nitrogens with zero attached hydrogens (tertiary/aromatic N) is 2. The Morgan fingerprint density at radius 2 is 1.95 bits per heavy atom. The molecule has 0 aliphatic heterocycles. The minimum Gasteiger partial charge on any atom is -0.349 e. The first-order valence-corrected chi connectivity index (χ1v) is 8.73. The summed E-state index contributed by atoms with van der Waals surface area (Å²) in [6, 6.07) is 1.66. The molecule has 0 aromatic carbocycles. The molecule has 0 spiro atoms. The zero-order valence-corrected chi connectivity index (χ0v) is 13.8. The first-order chi connectivity index (χ1) is 9.38. The number of rotatable bonds is 8. The quantitative estimate of drug-likeness (QED) is 0.800. The van der Waals surface area contributed by atoms with Crippen LogP contribution in [-0.4, -0.2) is 29.9 Å². The molecule has 0 saturated carbocycles. The predicted octanol–water partition coefficient (Wildman–Crippen LogP) is 2.17. The number of nitrogens with two attached hydrogens (primary N) is 1. The average Bonchev–Trinajstić information content (AvgIpc) is 2.79. The van der Waals surface area contributed by atoms with Gasteiger partial charge in [-0.25, -0.2) is 8.42 Å². The van der Waals surface area contributed by atoms with Crippen molar-refractivity contribution in [3.05, 3.63) is 18.0 Å². The van der Waals surface area contributed by atoms with Crippen LogP contribution in [0.5, 0.6) is 0 Å². The summed E-state index contributed by atoms with van der Waals surface area (Å²) in [5.74, 6) is 0. The van der Waals surface area contributed by atoms with Gasteiger partial charge in [-0.15, -0.1) is 0 Å². The smallest absolute Gasteiger partial charge is 0.244 e. The van der Waals surface area contributed by atoms with Crippen LogP contribution in [0.25, 0.3) is 0 Å². The van der Waals surface area contributed by atoms with E-state index in [1.165, 1.54) is 0 Å². The van der Waals surface area contributed by atoms with E-state index in [4.69, 9.17) is 5.73 Å². The highest BCUT2D eigenvalue weighted by Gasteiger charge is 2.27. The molecule has 1 aromatic heterocycles. The second-order valence-electron chi connectivity index (χ2n) is 5.27. The Balaban J connectivity index is 3.20. The lowest BCUT2D eigenvalue weighted by atomic mass is 10.4. The Labute approximate surface area is 122 Å². The molecular formula is C14H27N3O2S. The summed E-state index contributed by atoms with van der Waals surface area (Å²) in [5.41, 5.74) is 6.57. The van der Waals surface area contributed by atoms with Crippen molar-refractivity contribution in [1.82, 2.24) is 8.87 Å². The van der Waals surface area contributed by atoms with E-state index < -0.39 is 10.0 Å². The molecule has 0 atom stereocenters. The van der Waals surface area contributed by atoms with Crippen molar-refractivity contribution in [2.45, 2.75) is 64.6 Å². The Morgan fingerprint density at radius 1 is 1.30 bits per heavy atom. The maximum atomic E-state index is 12.7. The fraction of sp³-hybridized carbons (Fsp3) is 0.714. The van der Waals surface area contributed by atoms with Crippen LogP contribution >= 0.6 is 0 Å². The van der Waals surface area contributed by atoms with Gasteiger partial charge in [0.1, 0.15) is 4.90 Å². The Hall–Kier alpha value is -0.850. The minimum atomic E-state index is -3.44. The third-order valence-electron chi connectivity index (χ3n) is 3.26. The van der Waals surface area contributed by atoms with Crippen molar-refractivity contribution in [3.8, 4) is 0 Å². The molecule has 1 heterocycles. The van der Waals surface area contributed by atoms with Gasteiger partial charge in [0.15, 0.2) is 0 Å². The van der Waals surface area contributed by atoms with Gasteiger partial charge in [0.05, 0.1) is 0 Å². The van der Waals surface area contributed by atoms with Gasteiger partial charge in [-0.2, -0.15) is 4.31 Å². The molecule has 1 aromatic rings. The molecular weight excluding hydrogens is 274 g/mol. The second-order valence-corrected chi connectivity index (χ2v) is 7.16. The van der Waals surface area contributed by atoms with Gasteiger partial charge >= 0.3 is 0 Å². The number of hydrogen-bond donors (Lipinski definition) is 1. The highest BCUT2D eigenvalue weighted by atomic mass is 32.2. The number of aromatic nitrogens is 1. The lowest BCUT2D eigenvalue weighted by Crippen LogP contribution is -2.37. The molecule has 0 saturated heterocycles. The number of hydrogen-bond acceptors (Lipinski definition) is 3. The molecule has 0 unspecified atom stereocenters. The van der Waals surface area contributed by atoms with Crippen LogP contribution in [0.2, 0.25) is 0 Å². The molecule has 0 amide bonds. The largest absolute Gasteiger partial charge is 0.349 e. The first-order valence-electron chi connectivity index (χ1n) is 7.29. The average molecular weight is 301 g/mol. The second kappa shape index (κ2) is 7.24. The molecule has 0 bridgehead atoms. The first kappa shape index (κ1) is 17.2. The van der Waals surface area contributed by atoms with Crippen LogP contribution in [0.15, 0.2) is 17.2 Å². The summed E-state index contributed by atoms with van der Waals surface area (Å²) in [5, 5.41) is 0. The van der Waals surface area contributed by atoms with Crippen molar-refractivity contribution in [1.29, 1.82) is 0 Å². The van der Waals surface area contributed by atoms with Crippen molar-refractivity contribution in [3.63, 3.8) is 0 Å². The highest BCUT2D eigenvalue weighted by molar-refractivity contribution is 7.89. The van der Waals surface area contributed by atoms with Gasteiger partial charge < -0.3 is 10.3 Å². The molecule has 0 radical (unpaired) electrons. The highest BCUT2D eigenvalue weighted by Crippen LogP contribution is 2.21. The van der Waals surface area contributed by atoms with E-state index in [9.17, 15) is 8.42 Å². The molecule has 6 heteroatoms. The third kappa shape index (κ3) is 3.62. The van der Waals surface area contributed by atoms with Crippen LogP contribution in [0.3, 0.4) is 0 Å². The fourth-order valence-electron chi connectivity index (χ4n) is 2.30. The zero-order valence-electron chi connectivity index (χ0n) is 13.0. The van der Waals surface area contributed by atoms with Crippen molar-refractivity contribution in [2.75, 3.05) is 6.54 Å². The maximum absolute atomic E-state index is 12.7. The van der Waals surface area contributed by atoms with Gasteiger partial charge in [-0.05, 0) is 32.8 Å². The van der Waals surface area contributed by atoms with E-state index in [0.717, 1.165) is 25.1 Å². The van der Waals surface area contributed by atoms with E-state index in [1.807, 2.05) is 25.3 Å². The van der Waals surface area contributed by atoms with E-state index in [-0.39, 0.29) is 6.04 Å². The number of aryl methyl sites for hydroxylation is 1. The van der Waals surface area contributed by atoms with Crippen LogP contribution < -0.4 is 5.73 Å². The SMILES string of the molecule is CCCN(C(C)C)S(=O)(=O)c1cc(CN)n(CCC)c1. The maximum Gasteiger partial charge on any atom is 0.244 e. The van der Waals surface area contributed by atoms with Crippen molar-refractivity contribution < 1.29 is 8.42 Å². The monoisotopic (exact) mass is 301 g/mol. The number of sulfonamides is 1. The summed E-state index contributed by atoms with van der Waals surface area (Å²) in [6.07, 6.45) is 3.47. The summed E-state index contributed by atoms with van der Waals surface area (Å²) < 4.78 is 28.9. The molecule has 5 nitrogen and oxygen atoms in total. The van der Waals surface area contributed by atoms with Gasteiger partial charge in [0, 0.05) is 37.6 Å². The molecule has 0 aliphatic rings. The fourth-order valence-corrected chi connectivity index (χ4v) is 4.09. The van der Waals surface area contributed by atoms with Crippen LogP contribution in [0, 0.1) is 0 Å². The molecule has 20 heavy (non-hydrogen) atoms. The van der Waals surface area contributed by atoms with E-state index >= 15 is 0 Å². The molecule has 0 aliphatic carbocycles. The minimum absolute atomic E-state index is 0.0456. The van der Waals surface area contributed by atoms with Crippen LogP contribution in [0.1, 0.15) is 46.2 Å².